The highest BCUT2D eigenvalue weighted by Gasteiger charge is 2.17. The first-order valence-corrected chi connectivity index (χ1v) is 6.23. The topological polar surface area (TPSA) is 35.0 Å². The van der Waals surface area contributed by atoms with E-state index in [1.807, 2.05) is 30.3 Å². The lowest BCUT2D eigenvalue weighted by atomic mass is 10.1. The second-order valence-electron chi connectivity index (χ2n) is 2.93. The molecule has 1 aromatic carbocycles. The minimum atomic E-state index is -0.104. The normalized spacial score (nSPS) is 12.7. The Morgan fingerprint density at radius 2 is 2.07 bits per heavy atom. The molecule has 1 aromatic heterocycles. The maximum absolute atomic E-state index is 5.44. The standard InChI is InChI=1S/C10H9IN2OS/c1-14-8(7-5-3-2-4-6-7)9-12-10(11)13-15-9/h2-6,8H,1H3. The van der Waals surface area contributed by atoms with E-state index >= 15 is 0 Å². The first kappa shape index (κ1) is 11.0. The predicted octanol–water partition coefficient (Wildman–Crippen LogP) is 2.88. The third-order valence-electron chi connectivity index (χ3n) is 1.98. The average molecular weight is 332 g/mol. The molecule has 0 radical (unpaired) electrons. The minimum absolute atomic E-state index is 0.104. The van der Waals surface area contributed by atoms with Crippen molar-refractivity contribution < 1.29 is 4.74 Å². The summed E-state index contributed by atoms with van der Waals surface area (Å²) in [4.78, 5) is 4.33. The Morgan fingerprint density at radius 3 is 2.60 bits per heavy atom. The Morgan fingerprint density at radius 1 is 1.33 bits per heavy atom. The fourth-order valence-corrected chi connectivity index (χ4v) is 2.71. The van der Waals surface area contributed by atoms with Crippen LogP contribution in [0.3, 0.4) is 0 Å². The molecule has 0 aliphatic rings. The number of hydrogen-bond acceptors (Lipinski definition) is 4. The van der Waals surface area contributed by atoms with E-state index < -0.39 is 0 Å². The van der Waals surface area contributed by atoms with E-state index in [-0.39, 0.29) is 6.10 Å². The number of ether oxygens (including phenoxy) is 1. The van der Waals surface area contributed by atoms with E-state index in [0.717, 1.165) is 14.4 Å². The van der Waals surface area contributed by atoms with E-state index in [1.165, 1.54) is 11.5 Å². The van der Waals surface area contributed by atoms with Crippen LogP contribution < -0.4 is 0 Å². The van der Waals surface area contributed by atoms with Gasteiger partial charge in [-0.15, -0.1) is 0 Å². The lowest BCUT2D eigenvalue weighted by Crippen LogP contribution is -2.02. The molecular weight excluding hydrogens is 323 g/mol. The fourth-order valence-electron chi connectivity index (χ4n) is 1.33. The molecule has 0 spiro atoms. The molecule has 0 fully saturated rings. The molecule has 3 nitrogen and oxygen atoms in total. The largest absolute Gasteiger partial charge is 0.369 e. The van der Waals surface area contributed by atoms with Crippen LogP contribution in [0, 0.1) is 3.83 Å². The van der Waals surface area contributed by atoms with Crippen molar-refractivity contribution in [2.24, 2.45) is 0 Å². The third kappa shape index (κ3) is 2.53. The summed E-state index contributed by atoms with van der Waals surface area (Å²) in [5, 5.41) is 0.896. The summed E-state index contributed by atoms with van der Waals surface area (Å²) in [7, 11) is 1.69. The van der Waals surface area contributed by atoms with Crippen molar-refractivity contribution in [2.45, 2.75) is 6.10 Å². The number of methoxy groups -OCH3 is 1. The summed E-state index contributed by atoms with van der Waals surface area (Å²) < 4.78 is 10.4. The van der Waals surface area contributed by atoms with Crippen molar-refractivity contribution in [1.29, 1.82) is 0 Å². The lowest BCUT2D eigenvalue weighted by Gasteiger charge is -2.11. The maximum Gasteiger partial charge on any atom is 0.203 e. The number of halogens is 1. The van der Waals surface area contributed by atoms with Crippen LogP contribution in [0.2, 0.25) is 0 Å². The van der Waals surface area contributed by atoms with Crippen molar-refractivity contribution in [1.82, 2.24) is 9.36 Å². The van der Waals surface area contributed by atoms with Gasteiger partial charge in [0.1, 0.15) is 11.1 Å². The van der Waals surface area contributed by atoms with Crippen molar-refractivity contribution >= 4 is 34.1 Å². The molecule has 2 rings (SSSR count). The van der Waals surface area contributed by atoms with Crippen molar-refractivity contribution in [3.05, 3.63) is 44.7 Å². The van der Waals surface area contributed by atoms with Gasteiger partial charge in [0.05, 0.1) is 0 Å². The minimum Gasteiger partial charge on any atom is -0.369 e. The molecule has 0 N–H and O–H groups in total. The van der Waals surface area contributed by atoms with E-state index in [4.69, 9.17) is 4.74 Å². The first-order chi connectivity index (χ1) is 7.31. The SMILES string of the molecule is COC(c1ccccc1)c1nc(I)ns1. The van der Waals surface area contributed by atoms with Gasteiger partial charge >= 0.3 is 0 Å². The zero-order chi connectivity index (χ0) is 10.7. The van der Waals surface area contributed by atoms with Crippen LogP contribution in [-0.2, 0) is 4.74 Å². The Balaban J connectivity index is 2.33. The Hall–Kier alpha value is -0.530. The summed E-state index contributed by atoms with van der Waals surface area (Å²) in [5.41, 5.74) is 1.10. The average Bonchev–Trinajstić information content (AvgIpc) is 2.68. The van der Waals surface area contributed by atoms with Crippen molar-refractivity contribution in [3.8, 4) is 0 Å². The molecule has 0 saturated carbocycles. The highest BCUT2D eigenvalue weighted by Crippen LogP contribution is 2.26. The Bertz CT molecular complexity index is 432. The zero-order valence-electron chi connectivity index (χ0n) is 8.05. The molecule has 78 valence electrons. The quantitative estimate of drug-likeness (QED) is 0.811. The first-order valence-electron chi connectivity index (χ1n) is 4.38. The van der Waals surface area contributed by atoms with Gasteiger partial charge in [0.2, 0.25) is 3.83 Å². The third-order valence-corrected chi connectivity index (χ3v) is 3.55. The van der Waals surface area contributed by atoms with E-state index in [0.29, 0.717) is 0 Å². The second-order valence-corrected chi connectivity index (χ2v) is 4.68. The van der Waals surface area contributed by atoms with Crippen LogP contribution >= 0.6 is 34.1 Å². The van der Waals surface area contributed by atoms with Crippen LogP contribution in [0.1, 0.15) is 16.7 Å². The fraction of sp³-hybridized carbons (Fsp3) is 0.200. The van der Waals surface area contributed by atoms with E-state index in [1.54, 1.807) is 7.11 Å². The van der Waals surface area contributed by atoms with Gasteiger partial charge in [0.25, 0.3) is 0 Å². The van der Waals surface area contributed by atoms with Crippen molar-refractivity contribution in [3.63, 3.8) is 0 Å². The van der Waals surface area contributed by atoms with Gasteiger partial charge < -0.3 is 4.74 Å². The molecule has 0 aliphatic heterocycles. The summed E-state index contributed by atoms with van der Waals surface area (Å²) in [5.74, 6) is 0. The van der Waals surface area contributed by atoms with Crippen LogP contribution in [0.25, 0.3) is 0 Å². The molecule has 1 unspecified atom stereocenters. The molecule has 0 aliphatic carbocycles. The molecule has 2 aromatic rings. The molecule has 1 atom stereocenters. The molecule has 0 amide bonds. The van der Waals surface area contributed by atoms with Gasteiger partial charge in [-0.25, -0.2) is 4.98 Å². The maximum atomic E-state index is 5.44. The number of benzene rings is 1. The van der Waals surface area contributed by atoms with Crippen molar-refractivity contribution in [2.75, 3.05) is 7.11 Å². The molecule has 0 bridgehead atoms. The molecular formula is C10H9IN2OS. The number of hydrogen-bond donors (Lipinski definition) is 0. The smallest absolute Gasteiger partial charge is 0.203 e. The van der Waals surface area contributed by atoms with E-state index in [9.17, 15) is 0 Å². The second kappa shape index (κ2) is 5.00. The Labute approximate surface area is 106 Å². The highest BCUT2D eigenvalue weighted by atomic mass is 127. The predicted molar refractivity (Wildman–Crippen MR) is 67.9 cm³/mol. The van der Waals surface area contributed by atoms with Gasteiger partial charge in [-0.3, -0.25) is 0 Å². The molecule has 0 saturated heterocycles. The van der Waals surface area contributed by atoms with Gasteiger partial charge in [-0.2, -0.15) is 4.37 Å². The van der Waals surface area contributed by atoms with Gasteiger partial charge in [0, 0.05) is 29.7 Å². The van der Waals surface area contributed by atoms with Crippen LogP contribution in [0.5, 0.6) is 0 Å². The monoisotopic (exact) mass is 332 g/mol. The Kier molecular flexibility index (Phi) is 3.66. The number of aromatic nitrogens is 2. The summed E-state index contributed by atoms with van der Waals surface area (Å²) in [6.45, 7) is 0. The highest BCUT2D eigenvalue weighted by molar-refractivity contribution is 14.1. The van der Waals surface area contributed by atoms with Gasteiger partial charge in [-0.05, 0) is 17.1 Å². The summed E-state index contributed by atoms with van der Waals surface area (Å²) in [6, 6.07) is 10.0. The summed E-state index contributed by atoms with van der Waals surface area (Å²) >= 11 is 3.49. The van der Waals surface area contributed by atoms with E-state index in [2.05, 4.69) is 31.9 Å². The van der Waals surface area contributed by atoms with Gasteiger partial charge in [-0.1, -0.05) is 30.3 Å². The molecule has 1 heterocycles. The number of nitrogens with zero attached hydrogens (tertiary/aromatic N) is 2. The number of rotatable bonds is 3. The molecule has 5 heteroatoms. The summed E-state index contributed by atoms with van der Waals surface area (Å²) in [6.07, 6.45) is -0.104. The zero-order valence-corrected chi connectivity index (χ0v) is 11.0. The molecule has 15 heavy (non-hydrogen) atoms. The van der Waals surface area contributed by atoms with Crippen LogP contribution in [0.4, 0.5) is 0 Å². The lowest BCUT2D eigenvalue weighted by molar-refractivity contribution is 0.136. The van der Waals surface area contributed by atoms with Gasteiger partial charge in [0.15, 0.2) is 0 Å². The van der Waals surface area contributed by atoms with Crippen LogP contribution in [-0.4, -0.2) is 16.5 Å². The van der Waals surface area contributed by atoms with Crippen LogP contribution in [0.15, 0.2) is 30.3 Å².